The van der Waals surface area contributed by atoms with E-state index in [2.05, 4.69) is 28.6 Å². The number of guanidine groups is 1. The molecule has 1 saturated heterocycles. The molecule has 148 valence electrons. The highest BCUT2D eigenvalue weighted by atomic mass is 127. The number of likely N-dealkylation sites (tertiary alicyclic amines) is 1. The molecule has 0 atom stereocenters. The molecule has 2 N–H and O–H groups in total. The molecule has 1 aromatic heterocycles. The monoisotopic (exact) mass is 486 g/mol. The number of rotatable bonds is 3. The Morgan fingerprint density at radius 1 is 1.33 bits per heavy atom. The summed E-state index contributed by atoms with van der Waals surface area (Å²) in [7, 11) is 3.17. The van der Waals surface area contributed by atoms with Crippen molar-refractivity contribution in [1.29, 1.82) is 0 Å². The van der Waals surface area contributed by atoms with E-state index in [0.29, 0.717) is 19.6 Å². The van der Waals surface area contributed by atoms with Gasteiger partial charge in [-0.05, 0) is 25.8 Å². The van der Waals surface area contributed by atoms with Crippen LogP contribution in [0.4, 0.5) is 4.79 Å². The predicted octanol–water partition coefficient (Wildman–Crippen LogP) is 3.26. The van der Waals surface area contributed by atoms with Crippen LogP contribution in [0, 0.1) is 6.92 Å². The summed E-state index contributed by atoms with van der Waals surface area (Å²) in [6.45, 7) is 4.01. The minimum Gasteiger partial charge on any atom is -0.459 e. The van der Waals surface area contributed by atoms with Crippen molar-refractivity contribution in [3.63, 3.8) is 0 Å². The smallest absolute Gasteiger partial charge is 0.409 e. The Morgan fingerprint density at radius 2 is 2.04 bits per heavy atom. The Hall–Kier alpha value is -1.97. The number of carbonyl (C=O) groups is 1. The molecule has 0 saturated carbocycles. The summed E-state index contributed by atoms with van der Waals surface area (Å²) in [4.78, 5) is 17.6. The van der Waals surface area contributed by atoms with E-state index in [4.69, 9.17) is 9.15 Å². The third-order valence-corrected chi connectivity index (χ3v) is 4.85. The Bertz CT molecular complexity index is 797. The minimum absolute atomic E-state index is 0. The number of amides is 1. The van der Waals surface area contributed by atoms with E-state index in [1.807, 2.05) is 18.2 Å². The van der Waals surface area contributed by atoms with Crippen LogP contribution in [0.25, 0.3) is 11.0 Å². The molecule has 0 aliphatic carbocycles. The number of hydrogen-bond donors (Lipinski definition) is 2. The SMILES string of the molecule is CN=C(NCc1oc2ccccc2c1C)NC1CCN(C(=O)OC)CC1.I. The van der Waals surface area contributed by atoms with Crippen LogP contribution in [0.5, 0.6) is 0 Å². The second-order valence-electron chi connectivity index (χ2n) is 6.45. The van der Waals surface area contributed by atoms with Crippen LogP contribution in [-0.2, 0) is 11.3 Å². The van der Waals surface area contributed by atoms with Crippen molar-refractivity contribution in [3.05, 3.63) is 35.6 Å². The molecule has 3 rings (SSSR count). The van der Waals surface area contributed by atoms with E-state index in [1.54, 1.807) is 11.9 Å². The molecule has 2 heterocycles. The van der Waals surface area contributed by atoms with Crippen LogP contribution in [0.15, 0.2) is 33.7 Å². The average molecular weight is 486 g/mol. The van der Waals surface area contributed by atoms with Gasteiger partial charge in [0, 0.05) is 37.1 Å². The standard InChI is InChI=1S/C19H26N4O3.HI/c1-13-15-6-4-5-7-16(15)26-17(13)12-21-18(20-2)22-14-8-10-23(11-9-14)19(24)25-3;/h4-7,14H,8-12H2,1-3H3,(H2,20,21,22);1H. The van der Waals surface area contributed by atoms with Crippen molar-refractivity contribution >= 4 is 47.0 Å². The first-order chi connectivity index (χ1) is 12.6. The number of para-hydroxylation sites is 1. The number of piperidine rings is 1. The lowest BCUT2D eigenvalue weighted by molar-refractivity contribution is 0.111. The molecule has 0 bridgehead atoms. The Labute approximate surface area is 176 Å². The van der Waals surface area contributed by atoms with Crippen LogP contribution in [-0.4, -0.2) is 50.2 Å². The van der Waals surface area contributed by atoms with Gasteiger partial charge in [0.2, 0.25) is 0 Å². The lowest BCUT2D eigenvalue weighted by Gasteiger charge is -2.32. The number of furan rings is 1. The average Bonchev–Trinajstić information content (AvgIpc) is 3.01. The fourth-order valence-electron chi connectivity index (χ4n) is 3.28. The lowest BCUT2D eigenvalue weighted by Crippen LogP contribution is -2.49. The molecule has 1 aliphatic heterocycles. The maximum atomic E-state index is 11.6. The van der Waals surface area contributed by atoms with Crippen LogP contribution >= 0.6 is 24.0 Å². The summed E-state index contributed by atoms with van der Waals surface area (Å²) >= 11 is 0. The molecule has 0 unspecified atom stereocenters. The lowest BCUT2D eigenvalue weighted by atomic mass is 10.1. The van der Waals surface area contributed by atoms with E-state index in [-0.39, 0.29) is 36.1 Å². The molecule has 1 fully saturated rings. The first kappa shape index (κ1) is 21.3. The molecule has 7 nitrogen and oxygen atoms in total. The van der Waals surface area contributed by atoms with Gasteiger partial charge in [-0.2, -0.15) is 0 Å². The summed E-state index contributed by atoms with van der Waals surface area (Å²) in [6.07, 6.45) is 1.46. The molecule has 1 aromatic carbocycles. The van der Waals surface area contributed by atoms with Crippen molar-refractivity contribution in [3.8, 4) is 0 Å². The molecule has 27 heavy (non-hydrogen) atoms. The maximum Gasteiger partial charge on any atom is 0.409 e. The summed E-state index contributed by atoms with van der Waals surface area (Å²) < 4.78 is 10.7. The Kier molecular flexibility index (Phi) is 7.76. The van der Waals surface area contributed by atoms with Crippen LogP contribution in [0.1, 0.15) is 24.2 Å². The number of halogens is 1. The third kappa shape index (κ3) is 5.06. The van der Waals surface area contributed by atoms with Gasteiger partial charge < -0.3 is 24.7 Å². The number of carbonyl (C=O) groups excluding carboxylic acids is 1. The zero-order valence-electron chi connectivity index (χ0n) is 15.9. The van der Waals surface area contributed by atoms with Crippen molar-refractivity contribution in [1.82, 2.24) is 15.5 Å². The minimum atomic E-state index is -0.258. The number of methoxy groups -OCH3 is 1. The van der Waals surface area contributed by atoms with Crippen molar-refractivity contribution < 1.29 is 13.9 Å². The van der Waals surface area contributed by atoms with Crippen molar-refractivity contribution in [2.45, 2.75) is 32.4 Å². The van der Waals surface area contributed by atoms with Crippen molar-refractivity contribution in [2.24, 2.45) is 4.99 Å². The Morgan fingerprint density at radius 3 is 2.67 bits per heavy atom. The molecule has 2 aromatic rings. The highest BCUT2D eigenvalue weighted by Gasteiger charge is 2.23. The summed E-state index contributed by atoms with van der Waals surface area (Å²) in [6, 6.07) is 8.32. The first-order valence-corrected chi connectivity index (χ1v) is 8.89. The van der Waals surface area contributed by atoms with Gasteiger partial charge >= 0.3 is 6.09 Å². The second kappa shape index (κ2) is 9.82. The maximum absolute atomic E-state index is 11.6. The van der Waals surface area contributed by atoms with Crippen LogP contribution in [0.2, 0.25) is 0 Å². The predicted molar refractivity (Wildman–Crippen MR) is 117 cm³/mol. The largest absolute Gasteiger partial charge is 0.459 e. The Balaban J connectivity index is 0.00000261. The van der Waals surface area contributed by atoms with E-state index in [1.165, 1.54) is 7.11 Å². The number of ether oxygens (including phenoxy) is 1. The highest BCUT2D eigenvalue weighted by molar-refractivity contribution is 14.0. The number of aliphatic imine (C=N–C) groups is 1. The van der Waals surface area contributed by atoms with E-state index in [9.17, 15) is 4.79 Å². The zero-order chi connectivity index (χ0) is 18.5. The summed E-state index contributed by atoms with van der Waals surface area (Å²) in [5.41, 5.74) is 2.05. The third-order valence-electron chi connectivity index (χ3n) is 4.85. The molecule has 1 aliphatic rings. The number of aryl methyl sites for hydroxylation is 1. The summed E-state index contributed by atoms with van der Waals surface area (Å²) in [5, 5.41) is 7.89. The first-order valence-electron chi connectivity index (χ1n) is 8.89. The van der Waals surface area contributed by atoms with E-state index in [0.717, 1.165) is 41.1 Å². The number of nitrogens with zero attached hydrogens (tertiary/aromatic N) is 2. The van der Waals surface area contributed by atoms with Crippen LogP contribution in [0.3, 0.4) is 0 Å². The molecule has 0 spiro atoms. The van der Waals surface area contributed by atoms with Crippen LogP contribution < -0.4 is 10.6 Å². The van der Waals surface area contributed by atoms with Gasteiger partial charge in [0.05, 0.1) is 13.7 Å². The summed E-state index contributed by atoms with van der Waals surface area (Å²) in [5.74, 6) is 1.65. The fourth-order valence-corrected chi connectivity index (χ4v) is 3.28. The van der Waals surface area contributed by atoms with Crippen molar-refractivity contribution in [2.75, 3.05) is 27.2 Å². The number of fused-ring (bicyclic) bond motifs is 1. The zero-order valence-corrected chi connectivity index (χ0v) is 18.3. The second-order valence-corrected chi connectivity index (χ2v) is 6.45. The fraction of sp³-hybridized carbons (Fsp3) is 0.474. The van der Waals surface area contributed by atoms with Gasteiger partial charge in [0.1, 0.15) is 11.3 Å². The normalized spacial score (nSPS) is 15.4. The van der Waals surface area contributed by atoms with Gasteiger partial charge in [-0.25, -0.2) is 4.79 Å². The molecular formula is C19H27IN4O3. The molecular weight excluding hydrogens is 459 g/mol. The molecule has 0 radical (unpaired) electrons. The van der Waals surface area contributed by atoms with E-state index >= 15 is 0 Å². The topological polar surface area (TPSA) is 79.1 Å². The van der Waals surface area contributed by atoms with Gasteiger partial charge in [-0.15, -0.1) is 24.0 Å². The molecule has 1 amide bonds. The van der Waals surface area contributed by atoms with Gasteiger partial charge in [-0.1, -0.05) is 18.2 Å². The number of nitrogens with one attached hydrogen (secondary N) is 2. The number of hydrogen-bond acceptors (Lipinski definition) is 4. The molecule has 8 heteroatoms. The van der Waals surface area contributed by atoms with E-state index < -0.39 is 0 Å². The van der Waals surface area contributed by atoms with Gasteiger partial charge in [-0.3, -0.25) is 4.99 Å². The van der Waals surface area contributed by atoms with Gasteiger partial charge in [0.15, 0.2) is 5.96 Å². The van der Waals surface area contributed by atoms with Gasteiger partial charge in [0.25, 0.3) is 0 Å². The number of benzene rings is 1. The highest BCUT2D eigenvalue weighted by Crippen LogP contribution is 2.24. The quantitative estimate of drug-likeness (QED) is 0.396.